The van der Waals surface area contributed by atoms with Crippen molar-refractivity contribution in [3.8, 4) is 16.9 Å². The Morgan fingerprint density at radius 2 is 1.74 bits per heavy atom. The zero-order chi connectivity index (χ0) is 27.8. The van der Waals surface area contributed by atoms with E-state index < -0.39 is 15.4 Å². The molecule has 1 atom stereocenters. The van der Waals surface area contributed by atoms with Gasteiger partial charge in [0.1, 0.15) is 18.1 Å². The molecule has 0 radical (unpaired) electrons. The summed E-state index contributed by atoms with van der Waals surface area (Å²) in [5, 5.41) is 30.7. The zero-order valence-corrected chi connectivity index (χ0v) is 23.5. The second kappa shape index (κ2) is 13.0. The Hall–Kier alpha value is -3.32. The molecule has 38 heavy (non-hydrogen) atoms. The van der Waals surface area contributed by atoms with Gasteiger partial charge >= 0.3 is 5.97 Å². The first kappa shape index (κ1) is 29.2. The third kappa shape index (κ3) is 8.62. The maximum Gasteiger partial charge on any atom is 0.312 e. The number of nitrogens with zero attached hydrogens (tertiary/aromatic N) is 3. The van der Waals surface area contributed by atoms with Gasteiger partial charge in [-0.1, -0.05) is 52.8 Å². The van der Waals surface area contributed by atoms with Gasteiger partial charge in [-0.25, -0.2) is 4.68 Å². The molecular formula is C29H37N3O5S. The van der Waals surface area contributed by atoms with Gasteiger partial charge in [-0.05, 0) is 67.9 Å². The molecule has 9 heteroatoms. The van der Waals surface area contributed by atoms with Crippen molar-refractivity contribution >= 4 is 16.0 Å². The molecule has 2 aromatic carbocycles. The third-order valence-corrected chi connectivity index (χ3v) is 6.51. The molecule has 1 heterocycles. The zero-order valence-electron chi connectivity index (χ0n) is 22.7. The van der Waals surface area contributed by atoms with Gasteiger partial charge in [-0.3, -0.25) is 4.79 Å². The smallest absolute Gasteiger partial charge is 0.312 e. The number of benzene rings is 2. The Kier molecular flexibility index (Phi) is 9.97. The third-order valence-electron chi connectivity index (χ3n) is 5.75. The quantitative estimate of drug-likeness (QED) is 0.280. The molecule has 0 aliphatic heterocycles. The van der Waals surface area contributed by atoms with Crippen LogP contribution < -0.4 is 4.74 Å². The van der Waals surface area contributed by atoms with Crippen LogP contribution in [0.25, 0.3) is 0 Å². The molecule has 1 unspecified atom stereocenters. The normalized spacial score (nSPS) is 12.8. The van der Waals surface area contributed by atoms with Gasteiger partial charge in [0.15, 0.2) is 6.61 Å². The van der Waals surface area contributed by atoms with Crippen LogP contribution in [-0.4, -0.2) is 56.6 Å². The summed E-state index contributed by atoms with van der Waals surface area (Å²) in [6.07, 6.45) is 8.51. The summed E-state index contributed by atoms with van der Waals surface area (Å²) < 4.78 is 13.1. The molecule has 3 aromatic rings. The molecule has 2 N–H and O–H groups in total. The molecule has 0 aliphatic rings. The van der Waals surface area contributed by atoms with Crippen LogP contribution in [0.5, 0.6) is 5.75 Å². The van der Waals surface area contributed by atoms with E-state index in [0.29, 0.717) is 29.0 Å². The first-order chi connectivity index (χ1) is 18.0. The number of carbonyl (C=O) groups excluding carboxylic acids is 1. The van der Waals surface area contributed by atoms with E-state index in [0.717, 1.165) is 5.56 Å². The lowest BCUT2D eigenvalue weighted by Crippen LogP contribution is -2.31. The fourth-order valence-electron chi connectivity index (χ4n) is 3.83. The summed E-state index contributed by atoms with van der Waals surface area (Å²) in [4.78, 5) is 13.0. The highest BCUT2D eigenvalue weighted by molar-refractivity contribution is 8.35. The highest BCUT2D eigenvalue weighted by Crippen LogP contribution is 2.34. The summed E-state index contributed by atoms with van der Waals surface area (Å²) in [5.74, 6) is 3.17. The molecule has 0 spiro atoms. The van der Waals surface area contributed by atoms with Crippen LogP contribution >= 0.6 is 10.0 Å². The first-order valence-corrected chi connectivity index (χ1v) is 15.1. The molecule has 3 rings (SSSR count). The molecule has 0 amide bonds. The van der Waals surface area contributed by atoms with Gasteiger partial charge < -0.3 is 19.7 Å². The Balaban J connectivity index is 1.75. The van der Waals surface area contributed by atoms with E-state index in [1.807, 2.05) is 44.2 Å². The minimum Gasteiger partial charge on any atom is -0.487 e. The SMILES string of the molecule is CC(C)(CC(c1ccccc1)n1cc(COc2cc(CO)cc(CO)c2)nn1)C(=O)OCC#CS(C)(C)C. The molecule has 0 saturated carbocycles. The van der Waals surface area contributed by atoms with Crippen LogP contribution in [-0.2, 0) is 29.4 Å². The van der Waals surface area contributed by atoms with E-state index >= 15 is 0 Å². The topological polar surface area (TPSA) is 107 Å². The molecule has 1 aromatic heterocycles. The van der Waals surface area contributed by atoms with Crippen LogP contribution in [0.15, 0.2) is 54.7 Å². The number of aromatic nitrogens is 3. The minimum absolute atomic E-state index is 0.0722. The van der Waals surface area contributed by atoms with Gasteiger partial charge in [0.05, 0.1) is 30.9 Å². The maximum atomic E-state index is 13.0. The molecule has 0 bridgehead atoms. The van der Waals surface area contributed by atoms with E-state index in [-0.39, 0.29) is 38.4 Å². The van der Waals surface area contributed by atoms with Gasteiger partial charge in [0.2, 0.25) is 0 Å². The van der Waals surface area contributed by atoms with Crippen LogP contribution in [0.2, 0.25) is 0 Å². The number of esters is 1. The number of rotatable bonds is 11. The van der Waals surface area contributed by atoms with E-state index in [1.54, 1.807) is 29.1 Å². The summed E-state index contributed by atoms with van der Waals surface area (Å²) >= 11 is 0. The lowest BCUT2D eigenvalue weighted by molar-refractivity contribution is -0.153. The molecular weight excluding hydrogens is 502 g/mol. The van der Waals surface area contributed by atoms with E-state index in [9.17, 15) is 15.0 Å². The largest absolute Gasteiger partial charge is 0.487 e. The fraction of sp³-hybridized carbons (Fsp3) is 0.414. The molecule has 204 valence electrons. The van der Waals surface area contributed by atoms with Gasteiger partial charge in [0.25, 0.3) is 0 Å². The van der Waals surface area contributed by atoms with Gasteiger partial charge in [-0.2, -0.15) is 10.0 Å². The van der Waals surface area contributed by atoms with Crippen molar-refractivity contribution in [3.05, 3.63) is 77.1 Å². The van der Waals surface area contributed by atoms with Gasteiger partial charge in [-0.15, -0.1) is 5.10 Å². The van der Waals surface area contributed by atoms with Crippen molar-refractivity contribution in [2.75, 3.05) is 25.4 Å². The van der Waals surface area contributed by atoms with Crippen LogP contribution in [0, 0.1) is 16.6 Å². The standard InChI is InChI=1S/C29H37N3O5S/c1-29(2,28(35)36-12-9-13-38(3,4)5)17-27(24-10-7-6-8-11-24)32-18-25(30-31-32)21-37-26-15-22(19-33)14-23(16-26)20-34/h6-8,10-11,14-16,18,27,33-34H,12,17,19-21H2,1-5H3. The number of carbonyl (C=O) groups is 1. The number of hydrogen-bond acceptors (Lipinski definition) is 7. The Bertz CT molecular complexity index is 1250. The lowest BCUT2D eigenvalue weighted by atomic mass is 9.83. The van der Waals surface area contributed by atoms with Crippen LogP contribution in [0.4, 0.5) is 0 Å². The second-order valence-electron chi connectivity index (χ2n) is 10.5. The highest BCUT2D eigenvalue weighted by atomic mass is 32.3. The predicted molar refractivity (Wildman–Crippen MR) is 150 cm³/mol. The Morgan fingerprint density at radius 3 is 2.34 bits per heavy atom. The summed E-state index contributed by atoms with van der Waals surface area (Å²) in [6.45, 7) is 3.65. The Morgan fingerprint density at radius 1 is 1.08 bits per heavy atom. The van der Waals surface area contributed by atoms with Crippen molar-refractivity contribution < 1.29 is 24.5 Å². The van der Waals surface area contributed by atoms with E-state index in [1.165, 1.54) is 0 Å². The maximum absolute atomic E-state index is 13.0. The van der Waals surface area contributed by atoms with Crippen LogP contribution in [0.1, 0.15) is 48.7 Å². The molecule has 0 fully saturated rings. The monoisotopic (exact) mass is 539 g/mol. The van der Waals surface area contributed by atoms with Crippen LogP contribution in [0.3, 0.4) is 0 Å². The molecule has 0 aliphatic carbocycles. The number of aliphatic hydroxyl groups is 2. The second-order valence-corrected chi connectivity index (χ2v) is 14.4. The van der Waals surface area contributed by atoms with Crippen molar-refractivity contribution in [1.29, 1.82) is 0 Å². The Labute approximate surface area is 226 Å². The summed E-state index contributed by atoms with van der Waals surface area (Å²) in [7, 11) is -0.980. The first-order valence-electron chi connectivity index (χ1n) is 12.3. The predicted octanol–water partition coefficient (Wildman–Crippen LogP) is 4.05. The fourth-order valence-corrected chi connectivity index (χ4v) is 4.32. The number of aliphatic hydroxyl groups excluding tert-OH is 2. The summed E-state index contributed by atoms with van der Waals surface area (Å²) in [6, 6.07) is 14.7. The van der Waals surface area contributed by atoms with E-state index in [4.69, 9.17) is 9.47 Å². The average molecular weight is 540 g/mol. The van der Waals surface area contributed by atoms with Crippen molar-refractivity contribution in [2.45, 2.75) is 46.1 Å². The number of ether oxygens (including phenoxy) is 2. The van der Waals surface area contributed by atoms with Crippen molar-refractivity contribution in [2.24, 2.45) is 5.41 Å². The number of hydrogen-bond donors (Lipinski definition) is 2. The minimum atomic E-state index is -0.980. The molecule has 0 saturated heterocycles. The van der Waals surface area contributed by atoms with Crippen molar-refractivity contribution in [3.63, 3.8) is 0 Å². The van der Waals surface area contributed by atoms with Crippen molar-refractivity contribution in [1.82, 2.24) is 15.0 Å². The van der Waals surface area contributed by atoms with Gasteiger partial charge in [0, 0.05) is 0 Å². The highest BCUT2D eigenvalue weighted by Gasteiger charge is 2.34. The average Bonchev–Trinajstić information content (AvgIpc) is 3.37. The summed E-state index contributed by atoms with van der Waals surface area (Å²) in [5.41, 5.74) is 2.10. The lowest BCUT2D eigenvalue weighted by Gasteiger charge is -2.28. The molecule has 8 nitrogen and oxygen atoms in total. The van der Waals surface area contributed by atoms with E-state index in [2.05, 4.69) is 40.3 Å².